The van der Waals surface area contributed by atoms with Gasteiger partial charge in [0, 0.05) is 32.6 Å². The summed E-state index contributed by atoms with van der Waals surface area (Å²) in [6.45, 7) is 0.823. The minimum Gasteiger partial charge on any atom is -0.481 e. The predicted octanol–water partition coefficient (Wildman–Crippen LogP) is 1.68. The van der Waals surface area contributed by atoms with Gasteiger partial charge >= 0.3 is 18.2 Å². The number of likely N-dealkylation sites (tertiary alicyclic amines) is 1. The third-order valence-electron chi connectivity index (χ3n) is 3.97. The molecule has 1 unspecified atom stereocenters. The van der Waals surface area contributed by atoms with E-state index in [-0.39, 0.29) is 32.5 Å². The van der Waals surface area contributed by atoms with E-state index >= 15 is 0 Å². The number of halogens is 3. The van der Waals surface area contributed by atoms with Crippen molar-refractivity contribution in [3.05, 3.63) is 0 Å². The molecule has 144 valence electrons. The Morgan fingerprint density at radius 3 is 2.56 bits per heavy atom. The SMILES string of the molecule is CCN(CC(F)(F)F)C(=O)C1CCCN(C(=O)NCCCC(=O)O)C1. The van der Waals surface area contributed by atoms with Crippen molar-refractivity contribution in [2.24, 2.45) is 5.92 Å². The van der Waals surface area contributed by atoms with Crippen LogP contribution in [0.3, 0.4) is 0 Å². The van der Waals surface area contributed by atoms with E-state index in [2.05, 4.69) is 5.32 Å². The fourth-order valence-corrected chi connectivity index (χ4v) is 2.73. The number of rotatable bonds is 7. The number of alkyl halides is 3. The van der Waals surface area contributed by atoms with Gasteiger partial charge < -0.3 is 20.2 Å². The second kappa shape index (κ2) is 9.47. The van der Waals surface area contributed by atoms with Gasteiger partial charge in [-0.1, -0.05) is 0 Å². The van der Waals surface area contributed by atoms with Crippen molar-refractivity contribution >= 4 is 17.9 Å². The van der Waals surface area contributed by atoms with Crippen molar-refractivity contribution < 1.29 is 32.7 Å². The van der Waals surface area contributed by atoms with Gasteiger partial charge in [0.15, 0.2) is 0 Å². The molecule has 10 heteroatoms. The zero-order valence-electron chi connectivity index (χ0n) is 14.1. The monoisotopic (exact) mass is 367 g/mol. The molecule has 0 aromatic carbocycles. The highest BCUT2D eigenvalue weighted by atomic mass is 19.4. The van der Waals surface area contributed by atoms with E-state index in [1.807, 2.05) is 0 Å². The van der Waals surface area contributed by atoms with E-state index in [1.54, 1.807) is 0 Å². The predicted molar refractivity (Wildman–Crippen MR) is 82.9 cm³/mol. The van der Waals surface area contributed by atoms with Gasteiger partial charge in [-0.2, -0.15) is 13.2 Å². The standard InChI is InChI=1S/C15H24F3N3O4/c1-2-20(10-15(16,17)18)13(24)11-5-4-8-21(9-11)14(25)19-7-3-6-12(22)23/h11H,2-10H2,1H3,(H,19,25)(H,22,23). The number of carboxylic acid groups (broad SMARTS) is 1. The highest BCUT2D eigenvalue weighted by molar-refractivity contribution is 5.81. The van der Waals surface area contributed by atoms with Crippen LogP contribution in [0.15, 0.2) is 0 Å². The molecule has 1 atom stereocenters. The molecule has 0 radical (unpaired) electrons. The molecule has 2 N–H and O–H groups in total. The number of nitrogens with zero attached hydrogens (tertiary/aromatic N) is 2. The maximum absolute atomic E-state index is 12.5. The molecule has 1 aliphatic heterocycles. The Kier molecular flexibility index (Phi) is 7.98. The first-order chi connectivity index (χ1) is 11.6. The van der Waals surface area contributed by atoms with Crippen molar-refractivity contribution in [2.45, 2.75) is 38.8 Å². The molecule has 1 rings (SSSR count). The first kappa shape index (κ1) is 21.0. The van der Waals surface area contributed by atoms with Crippen LogP contribution in [0.25, 0.3) is 0 Å². The third kappa shape index (κ3) is 7.61. The fourth-order valence-electron chi connectivity index (χ4n) is 2.73. The van der Waals surface area contributed by atoms with Crippen LogP contribution < -0.4 is 5.32 Å². The summed E-state index contributed by atoms with van der Waals surface area (Å²) >= 11 is 0. The molecule has 0 spiro atoms. The smallest absolute Gasteiger partial charge is 0.406 e. The summed E-state index contributed by atoms with van der Waals surface area (Å²) in [6, 6.07) is -0.429. The van der Waals surface area contributed by atoms with Gasteiger partial charge in [-0.25, -0.2) is 4.79 Å². The number of carboxylic acids is 1. The molecule has 1 aliphatic rings. The summed E-state index contributed by atoms with van der Waals surface area (Å²) in [6.07, 6.45) is -3.27. The number of carbonyl (C=O) groups excluding carboxylic acids is 2. The van der Waals surface area contributed by atoms with E-state index in [4.69, 9.17) is 5.11 Å². The zero-order chi connectivity index (χ0) is 19.0. The highest BCUT2D eigenvalue weighted by Gasteiger charge is 2.36. The highest BCUT2D eigenvalue weighted by Crippen LogP contribution is 2.22. The Morgan fingerprint density at radius 1 is 1.32 bits per heavy atom. The van der Waals surface area contributed by atoms with Gasteiger partial charge in [-0.3, -0.25) is 9.59 Å². The van der Waals surface area contributed by atoms with Gasteiger partial charge in [-0.05, 0) is 26.2 Å². The first-order valence-electron chi connectivity index (χ1n) is 8.24. The summed E-state index contributed by atoms with van der Waals surface area (Å²) in [7, 11) is 0. The summed E-state index contributed by atoms with van der Waals surface area (Å²) in [5.74, 6) is -2.20. The molecule has 0 aromatic rings. The van der Waals surface area contributed by atoms with Crippen molar-refractivity contribution in [2.75, 3.05) is 32.7 Å². The number of aliphatic carboxylic acids is 1. The Hall–Kier alpha value is -2.00. The molecule has 0 saturated carbocycles. The van der Waals surface area contributed by atoms with Crippen molar-refractivity contribution in [3.63, 3.8) is 0 Å². The summed E-state index contributed by atoms with van der Waals surface area (Å²) in [5.41, 5.74) is 0. The van der Waals surface area contributed by atoms with E-state index in [0.717, 1.165) is 4.90 Å². The van der Waals surface area contributed by atoms with Gasteiger partial charge in [0.2, 0.25) is 5.91 Å². The third-order valence-corrected chi connectivity index (χ3v) is 3.97. The molecule has 7 nitrogen and oxygen atoms in total. The lowest BCUT2D eigenvalue weighted by atomic mass is 9.96. The Morgan fingerprint density at radius 2 is 2.00 bits per heavy atom. The number of carbonyl (C=O) groups is 3. The van der Waals surface area contributed by atoms with Crippen LogP contribution in [0, 0.1) is 5.92 Å². The average Bonchev–Trinajstić information content (AvgIpc) is 2.54. The van der Waals surface area contributed by atoms with Gasteiger partial charge in [-0.15, -0.1) is 0 Å². The number of urea groups is 1. The molecule has 1 saturated heterocycles. The molecule has 1 fully saturated rings. The van der Waals surface area contributed by atoms with Crippen LogP contribution in [0.4, 0.5) is 18.0 Å². The van der Waals surface area contributed by atoms with Crippen LogP contribution in [-0.2, 0) is 9.59 Å². The van der Waals surface area contributed by atoms with Crippen LogP contribution >= 0.6 is 0 Å². The van der Waals surface area contributed by atoms with Crippen molar-refractivity contribution in [3.8, 4) is 0 Å². The Labute approximate surface area is 144 Å². The Bertz CT molecular complexity index is 485. The molecular formula is C15H24F3N3O4. The summed E-state index contributed by atoms with van der Waals surface area (Å²) in [4.78, 5) is 36.9. The van der Waals surface area contributed by atoms with Gasteiger partial charge in [0.1, 0.15) is 6.54 Å². The minimum absolute atomic E-state index is 0.0454. The largest absolute Gasteiger partial charge is 0.481 e. The van der Waals surface area contributed by atoms with Crippen LogP contribution in [0.2, 0.25) is 0 Å². The molecular weight excluding hydrogens is 343 g/mol. The lowest BCUT2D eigenvalue weighted by molar-refractivity contribution is -0.164. The van der Waals surface area contributed by atoms with E-state index < -0.39 is 36.5 Å². The van der Waals surface area contributed by atoms with Gasteiger partial charge in [0.25, 0.3) is 0 Å². The van der Waals surface area contributed by atoms with Crippen LogP contribution in [0.5, 0.6) is 0 Å². The molecule has 1 heterocycles. The molecule has 0 aliphatic carbocycles. The molecule has 0 bridgehead atoms. The maximum Gasteiger partial charge on any atom is 0.406 e. The number of hydrogen-bond donors (Lipinski definition) is 2. The molecule has 0 aromatic heterocycles. The molecule has 3 amide bonds. The van der Waals surface area contributed by atoms with Crippen LogP contribution in [0.1, 0.15) is 32.6 Å². The number of piperidine rings is 1. The van der Waals surface area contributed by atoms with E-state index in [0.29, 0.717) is 19.4 Å². The van der Waals surface area contributed by atoms with Gasteiger partial charge in [0.05, 0.1) is 5.92 Å². The lowest BCUT2D eigenvalue weighted by Gasteiger charge is -2.35. The zero-order valence-corrected chi connectivity index (χ0v) is 14.1. The number of hydrogen-bond acceptors (Lipinski definition) is 3. The van der Waals surface area contributed by atoms with Crippen molar-refractivity contribution in [1.82, 2.24) is 15.1 Å². The van der Waals surface area contributed by atoms with E-state index in [9.17, 15) is 27.6 Å². The second-order valence-electron chi connectivity index (χ2n) is 5.98. The summed E-state index contributed by atoms with van der Waals surface area (Å²) < 4.78 is 37.6. The molecule has 25 heavy (non-hydrogen) atoms. The first-order valence-corrected chi connectivity index (χ1v) is 8.24. The summed E-state index contributed by atoms with van der Waals surface area (Å²) in [5, 5.41) is 11.1. The quantitative estimate of drug-likeness (QED) is 0.670. The number of amides is 3. The van der Waals surface area contributed by atoms with Crippen LogP contribution in [-0.4, -0.2) is 71.7 Å². The lowest BCUT2D eigenvalue weighted by Crippen LogP contribution is -2.51. The Balaban J connectivity index is 2.53. The fraction of sp³-hybridized carbons (Fsp3) is 0.800. The second-order valence-corrected chi connectivity index (χ2v) is 5.98. The maximum atomic E-state index is 12.5. The van der Waals surface area contributed by atoms with Crippen molar-refractivity contribution in [1.29, 1.82) is 0 Å². The average molecular weight is 367 g/mol. The number of nitrogens with one attached hydrogen (secondary N) is 1. The topological polar surface area (TPSA) is 90.0 Å². The van der Waals surface area contributed by atoms with E-state index in [1.165, 1.54) is 11.8 Å². The normalized spacial score (nSPS) is 17.9. The minimum atomic E-state index is -4.46.